The van der Waals surface area contributed by atoms with Gasteiger partial charge in [0.15, 0.2) is 0 Å². The molecule has 0 spiro atoms. The Kier molecular flexibility index (Phi) is 5.19. The summed E-state index contributed by atoms with van der Waals surface area (Å²) in [5.41, 5.74) is 1.87. The number of nitrogens with one attached hydrogen (secondary N) is 1. The van der Waals surface area contributed by atoms with Crippen LogP contribution in [0.1, 0.15) is 12.5 Å². The summed E-state index contributed by atoms with van der Waals surface area (Å²) in [6.07, 6.45) is 0.809. The Morgan fingerprint density at radius 2 is 1.70 bits per heavy atom. The van der Waals surface area contributed by atoms with Gasteiger partial charge in [0, 0.05) is 10.5 Å². The highest BCUT2D eigenvalue weighted by Gasteiger charge is 2.11. The number of benzene rings is 2. The first-order valence-corrected chi connectivity index (χ1v) is 7.69. The molecule has 0 aliphatic rings. The van der Waals surface area contributed by atoms with Gasteiger partial charge in [-0.3, -0.25) is 0 Å². The Morgan fingerprint density at radius 3 is 2.25 bits per heavy atom. The fourth-order valence-corrected chi connectivity index (χ4v) is 3.28. The number of hydrogen-bond acceptors (Lipinski definition) is 2. The van der Waals surface area contributed by atoms with Gasteiger partial charge in [-0.1, -0.05) is 51.3 Å². The Labute approximate surface area is 136 Å². The maximum absolute atomic E-state index is 9.27. The molecule has 2 nitrogen and oxygen atoms in total. The zero-order valence-electron chi connectivity index (χ0n) is 10.8. The predicted molar refractivity (Wildman–Crippen MR) is 89.1 cm³/mol. The molecule has 2 aromatic rings. The SMILES string of the molecule is CC(Cc1ccc(O)cc1)Nc1c(Cl)cc(Br)cc1Cl. The van der Waals surface area contributed by atoms with Crippen LogP contribution in [0.15, 0.2) is 40.9 Å². The molecule has 0 saturated carbocycles. The first-order chi connectivity index (χ1) is 9.45. The van der Waals surface area contributed by atoms with Crippen LogP contribution in [0, 0.1) is 0 Å². The highest BCUT2D eigenvalue weighted by atomic mass is 79.9. The van der Waals surface area contributed by atoms with Gasteiger partial charge >= 0.3 is 0 Å². The number of rotatable bonds is 4. The van der Waals surface area contributed by atoms with E-state index in [9.17, 15) is 5.11 Å². The number of phenols is 1. The minimum Gasteiger partial charge on any atom is -0.508 e. The molecule has 106 valence electrons. The molecule has 1 unspecified atom stereocenters. The van der Waals surface area contributed by atoms with Crippen molar-refractivity contribution in [3.8, 4) is 5.75 Å². The van der Waals surface area contributed by atoms with Crippen molar-refractivity contribution in [2.75, 3.05) is 5.32 Å². The highest BCUT2D eigenvalue weighted by molar-refractivity contribution is 9.10. The Hall–Kier alpha value is -0.900. The summed E-state index contributed by atoms with van der Waals surface area (Å²) < 4.78 is 0.851. The predicted octanol–water partition coefficient (Wildman–Crippen LogP) is 5.50. The van der Waals surface area contributed by atoms with E-state index in [1.807, 2.05) is 24.3 Å². The largest absolute Gasteiger partial charge is 0.508 e. The third-order valence-corrected chi connectivity index (χ3v) is 3.93. The summed E-state index contributed by atoms with van der Waals surface area (Å²) in [4.78, 5) is 0. The summed E-state index contributed by atoms with van der Waals surface area (Å²) in [6, 6.07) is 10.9. The number of anilines is 1. The topological polar surface area (TPSA) is 32.3 Å². The molecular weight excluding hydrogens is 361 g/mol. The fourth-order valence-electron chi connectivity index (χ4n) is 1.96. The molecule has 0 saturated heterocycles. The van der Waals surface area contributed by atoms with Gasteiger partial charge in [-0.2, -0.15) is 0 Å². The molecule has 0 fully saturated rings. The Balaban J connectivity index is 2.08. The lowest BCUT2D eigenvalue weighted by atomic mass is 10.1. The molecule has 2 rings (SSSR count). The molecule has 0 bridgehead atoms. The molecule has 0 amide bonds. The molecule has 5 heteroatoms. The van der Waals surface area contributed by atoms with Crippen LogP contribution in [0.4, 0.5) is 5.69 Å². The van der Waals surface area contributed by atoms with Gasteiger partial charge in [0.25, 0.3) is 0 Å². The minimum absolute atomic E-state index is 0.163. The quantitative estimate of drug-likeness (QED) is 0.739. The summed E-state index contributed by atoms with van der Waals surface area (Å²) in [5.74, 6) is 0.272. The summed E-state index contributed by atoms with van der Waals surface area (Å²) >= 11 is 15.7. The second-order valence-corrected chi connectivity index (χ2v) is 6.39. The molecular formula is C15H14BrCl2NO. The molecule has 0 aliphatic heterocycles. The monoisotopic (exact) mass is 373 g/mol. The van der Waals surface area contributed by atoms with Gasteiger partial charge < -0.3 is 10.4 Å². The van der Waals surface area contributed by atoms with E-state index in [4.69, 9.17) is 23.2 Å². The average Bonchev–Trinajstić information content (AvgIpc) is 2.36. The summed E-state index contributed by atoms with van der Waals surface area (Å²) in [7, 11) is 0. The van der Waals surface area contributed by atoms with E-state index in [1.54, 1.807) is 12.1 Å². The van der Waals surface area contributed by atoms with Crippen molar-refractivity contribution in [1.29, 1.82) is 0 Å². The van der Waals surface area contributed by atoms with Crippen molar-refractivity contribution in [2.24, 2.45) is 0 Å². The Bertz CT molecular complexity index is 578. The number of halogens is 3. The van der Waals surface area contributed by atoms with Crippen molar-refractivity contribution in [1.82, 2.24) is 0 Å². The molecule has 0 aromatic heterocycles. The van der Waals surface area contributed by atoms with Crippen LogP contribution in [0.3, 0.4) is 0 Å². The number of aromatic hydroxyl groups is 1. The van der Waals surface area contributed by atoms with Crippen LogP contribution >= 0.6 is 39.1 Å². The van der Waals surface area contributed by atoms with Gasteiger partial charge in [0.05, 0.1) is 15.7 Å². The van der Waals surface area contributed by atoms with Crippen LogP contribution in [0.5, 0.6) is 5.75 Å². The maximum Gasteiger partial charge on any atom is 0.115 e. The van der Waals surface area contributed by atoms with Gasteiger partial charge in [0.1, 0.15) is 5.75 Å². The first-order valence-electron chi connectivity index (χ1n) is 6.14. The third kappa shape index (κ3) is 4.05. The van der Waals surface area contributed by atoms with E-state index >= 15 is 0 Å². The molecule has 1 atom stereocenters. The van der Waals surface area contributed by atoms with Crippen LogP contribution in [-0.2, 0) is 6.42 Å². The lowest BCUT2D eigenvalue weighted by molar-refractivity contribution is 0.475. The highest BCUT2D eigenvalue weighted by Crippen LogP contribution is 2.34. The average molecular weight is 375 g/mol. The summed E-state index contributed by atoms with van der Waals surface area (Å²) in [6.45, 7) is 2.06. The Morgan fingerprint density at radius 1 is 1.15 bits per heavy atom. The van der Waals surface area contributed by atoms with Crippen LogP contribution < -0.4 is 5.32 Å². The van der Waals surface area contributed by atoms with E-state index in [1.165, 1.54) is 0 Å². The standard InChI is InChI=1S/C15H14BrCl2NO/c1-9(6-10-2-4-12(20)5-3-10)19-15-13(17)7-11(16)8-14(15)18/h2-5,7-9,19-20H,6H2,1H3. The van der Waals surface area contributed by atoms with E-state index < -0.39 is 0 Å². The third-order valence-electron chi connectivity index (χ3n) is 2.88. The van der Waals surface area contributed by atoms with Crippen molar-refractivity contribution in [2.45, 2.75) is 19.4 Å². The van der Waals surface area contributed by atoms with E-state index in [0.29, 0.717) is 10.0 Å². The van der Waals surface area contributed by atoms with Crippen LogP contribution in [0.2, 0.25) is 10.0 Å². The molecule has 2 N–H and O–H groups in total. The normalized spacial score (nSPS) is 12.2. The van der Waals surface area contributed by atoms with E-state index in [-0.39, 0.29) is 11.8 Å². The lowest BCUT2D eigenvalue weighted by Crippen LogP contribution is -2.18. The van der Waals surface area contributed by atoms with Crippen molar-refractivity contribution >= 4 is 44.8 Å². The van der Waals surface area contributed by atoms with Gasteiger partial charge in [-0.25, -0.2) is 0 Å². The smallest absolute Gasteiger partial charge is 0.115 e. The fraction of sp³-hybridized carbons (Fsp3) is 0.200. The molecule has 0 heterocycles. The number of phenolic OH excluding ortho intramolecular Hbond substituents is 1. The second kappa shape index (κ2) is 6.70. The van der Waals surface area contributed by atoms with Crippen molar-refractivity contribution in [3.63, 3.8) is 0 Å². The van der Waals surface area contributed by atoms with Crippen LogP contribution in [0.25, 0.3) is 0 Å². The molecule has 0 aliphatic carbocycles. The van der Waals surface area contributed by atoms with Crippen LogP contribution in [-0.4, -0.2) is 11.1 Å². The molecule has 20 heavy (non-hydrogen) atoms. The summed E-state index contributed by atoms with van der Waals surface area (Å²) in [5, 5.41) is 13.8. The van der Waals surface area contributed by atoms with E-state index in [2.05, 4.69) is 28.2 Å². The van der Waals surface area contributed by atoms with Crippen molar-refractivity contribution in [3.05, 3.63) is 56.5 Å². The van der Waals surface area contributed by atoms with Gasteiger partial charge in [0.2, 0.25) is 0 Å². The first kappa shape index (κ1) is 15.5. The molecule has 2 aromatic carbocycles. The zero-order valence-corrected chi connectivity index (χ0v) is 13.9. The lowest BCUT2D eigenvalue weighted by Gasteiger charge is -2.18. The zero-order chi connectivity index (χ0) is 14.7. The van der Waals surface area contributed by atoms with E-state index in [0.717, 1.165) is 22.1 Å². The van der Waals surface area contributed by atoms with Gasteiger partial charge in [-0.05, 0) is 43.2 Å². The van der Waals surface area contributed by atoms with Crippen molar-refractivity contribution < 1.29 is 5.11 Å². The second-order valence-electron chi connectivity index (χ2n) is 4.66. The maximum atomic E-state index is 9.27. The number of hydrogen-bond donors (Lipinski definition) is 2. The molecule has 0 radical (unpaired) electrons. The minimum atomic E-state index is 0.163. The van der Waals surface area contributed by atoms with Gasteiger partial charge in [-0.15, -0.1) is 0 Å².